The highest BCUT2D eigenvalue weighted by molar-refractivity contribution is 5.16. The Morgan fingerprint density at radius 3 is 2.73 bits per heavy atom. The van der Waals surface area contributed by atoms with E-state index in [2.05, 4.69) is 17.0 Å². The van der Waals surface area contributed by atoms with E-state index in [-0.39, 0.29) is 0 Å². The molecular weight excluding hydrogens is 138 g/mol. The zero-order valence-electron chi connectivity index (χ0n) is 7.04. The smallest absolute Gasteiger partial charge is 0.138 e. The third-order valence-corrected chi connectivity index (χ3v) is 2.72. The van der Waals surface area contributed by atoms with Crippen molar-refractivity contribution in [3.63, 3.8) is 0 Å². The highest BCUT2D eigenvalue weighted by atomic mass is 15.3. The maximum Gasteiger partial charge on any atom is 0.138 e. The number of nitrogens with zero attached hydrogens (tertiary/aromatic N) is 3. The van der Waals surface area contributed by atoms with E-state index in [0.717, 1.165) is 0 Å². The number of hydrogen-bond donors (Lipinski definition) is 0. The summed E-state index contributed by atoms with van der Waals surface area (Å²) in [5, 5.41) is 4.08. The fraction of sp³-hybridized carbons (Fsp3) is 0.750. The maximum absolute atomic E-state index is 4.27. The van der Waals surface area contributed by atoms with E-state index in [0.29, 0.717) is 5.41 Å². The Balaban J connectivity index is 2.35. The number of hydrogen-bond acceptors (Lipinski definition) is 2. The van der Waals surface area contributed by atoms with Gasteiger partial charge in [-0.05, 0) is 19.3 Å². The molecule has 0 atom stereocenters. The molecule has 11 heavy (non-hydrogen) atoms. The molecule has 1 aliphatic carbocycles. The van der Waals surface area contributed by atoms with Crippen LogP contribution in [0, 0.1) is 0 Å². The molecule has 0 bridgehead atoms. The van der Waals surface area contributed by atoms with Crippen LogP contribution in [0.1, 0.15) is 32.0 Å². The van der Waals surface area contributed by atoms with Crippen LogP contribution in [0.3, 0.4) is 0 Å². The summed E-state index contributed by atoms with van der Waals surface area (Å²) in [4.78, 5) is 4.27. The Hall–Kier alpha value is -0.860. The molecule has 0 aromatic carbocycles. The first-order valence-corrected chi connectivity index (χ1v) is 4.13. The highest BCUT2D eigenvalue weighted by Crippen LogP contribution is 2.49. The van der Waals surface area contributed by atoms with Crippen LogP contribution < -0.4 is 0 Å². The fourth-order valence-electron chi connectivity index (χ4n) is 1.66. The van der Waals surface area contributed by atoms with Gasteiger partial charge in [0.15, 0.2) is 0 Å². The molecule has 0 aliphatic heterocycles. The van der Waals surface area contributed by atoms with Crippen molar-refractivity contribution in [3.05, 3.63) is 12.2 Å². The lowest BCUT2D eigenvalue weighted by Crippen LogP contribution is -2.12. The second-order valence-electron chi connectivity index (χ2n) is 3.34. The van der Waals surface area contributed by atoms with Crippen molar-refractivity contribution in [2.45, 2.75) is 31.6 Å². The van der Waals surface area contributed by atoms with Crippen molar-refractivity contribution in [3.8, 4) is 0 Å². The summed E-state index contributed by atoms with van der Waals surface area (Å²) in [6.45, 7) is 2.22. The topological polar surface area (TPSA) is 30.7 Å². The molecule has 0 N–H and O–H groups in total. The van der Waals surface area contributed by atoms with Crippen molar-refractivity contribution < 1.29 is 0 Å². The molecule has 1 aliphatic rings. The first-order valence-electron chi connectivity index (χ1n) is 4.13. The zero-order chi connectivity index (χ0) is 7.90. The summed E-state index contributed by atoms with van der Waals surface area (Å²) in [5.74, 6) is 1.17. The lowest BCUT2D eigenvalue weighted by atomic mass is 10.0. The standard InChI is InChI=1S/C8H13N3/c1-3-8(4-5-8)7-9-6-10-11(7)2/h6H,3-5H2,1-2H3. The largest absolute Gasteiger partial charge is 0.253 e. The van der Waals surface area contributed by atoms with Gasteiger partial charge in [0, 0.05) is 12.5 Å². The Morgan fingerprint density at radius 2 is 2.36 bits per heavy atom. The molecule has 1 heterocycles. The molecule has 3 nitrogen and oxygen atoms in total. The second-order valence-corrected chi connectivity index (χ2v) is 3.34. The van der Waals surface area contributed by atoms with E-state index in [1.807, 2.05) is 11.7 Å². The molecule has 0 unspecified atom stereocenters. The molecule has 3 heteroatoms. The van der Waals surface area contributed by atoms with E-state index in [1.165, 1.54) is 25.1 Å². The third kappa shape index (κ3) is 0.870. The van der Waals surface area contributed by atoms with E-state index in [1.54, 1.807) is 6.33 Å². The molecule has 0 radical (unpaired) electrons. The van der Waals surface area contributed by atoms with Crippen LogP contribution in [0.25, 0.3) is 0 Å². The lowest BCUT2D eigenvalue weighted by molar-refractivity contribution is 0.562. The molecule has 0 saturated heterocycles. The predicted molar refractivity (Wildman–Crippen MR) is 42.2 cm³/mol. The summed E-state index contributed by atoms with van der Waals surface area (Å²) in [5.41, 5.74) is 0.394. The molecule has 2 rings (SSSR count). The normalized spacial score (nSPS) is 20.2. The SMILES string of the molecule is CCC1(c2ncnn2C)CC1. The van der Waals surface area contributed by atoms with Crippen LogP contribution in [0.2, 0.25) is 0 Å². The first kappa shape index (κ1) is 6.83. The molecule has 1 saturated carbocycles. The molecule has 0 amide bonds. The van der Waals surface area contributed by atoms with Gasteiger partial charge in [0.25, 0.3) is 0 Å². The fourth-order valence-corrected chi connectivity index (χ4v) is 1.66. The average Bonchev–Trinajstić information content (AvgIpc) is 2.70. The van der Waals surface area contributed by atoms with Crippen LogP contribution in [-0.4, -0.2) is 14.8 Å². The van der Waals surface area contributed by atoms with Gasteiger partial charge in [-0.15, -0.1) is 0 Å². The van der Waals surface area contributed by atoms with Crippen molar-refractivity contribution in [2.75, 3.05) is 0 Å². The third-order valence-electron chi connectivity index (χ3n) is 2.72. The molecule has 60 valence electrons. The van der Waals surface area contributed by atoms with Crippen molar-refractivity contribution in [2.24, 2.45) is 7.05 Å². The minimum absolute atomic E-state index is 0.394. The predicted octanol–water partition coefficient (Wildman–Crippen LogP) is 1.26. The van der Waals surface area contributed by atoms with Crippen molar-refractivity contribution >= 4 is 0 Å². The van der Waals surface area contributed by atoms with Gasteiger partial charge in [0.05, 0.1) is 0 Å². The number of aromatic nitrogens is 3. The van der Waals surface area contributed by atoms with E-state index >= 15 is 0 Å². The zero-order valence-corrected chi connectivity index (χ0v) is 7.04. The van der Waals surface area contributed by atoms with Gasteiger partial charge in [0.2, 0.25) is 0 Å². The lowest BCUT2D eigenvalue weighted by Gasteiger charge is -2.09. The molecule has 1 aromatic heterocycles. The Bertz CT molecular complexity index is 260. The summed E-state index contributed by atoms with van der Waals surface area (Å²) in [7, 11) is 1.97. The monoisotopic (exact) mass is 151 g/mol. The first-order chi connectivity index (χ1) is 5.28. The van der Waals surface area contributed by atoms with E-state index in [9.17, 15) is 0 Å². The highest BCUT2D eigenvalue weighted by Gasteiger charge is 2.45. The van der Waals surface area contributed by atoms with Crippen LogP contribution >= 0.6 is 0 Å². The Labute approximate surface area is 66.4 Å². The van der Waals surface area contributed by atoms with Crippen LogP contribution in [0.5, 0.6) is 0 Å². The van der Waals surface area contributed by atoms with Gasteiger partial charge in [-0.25, -0.2) is 4.98 Å². The van der Waals surface area contributed by atoms with Crippen molar-refractivity contribution in [1.82, 2.24) is 14.8 Å². The summed E-state index contributed by atoms with van der Waals surface area (Å²) < 4.78 is 1.90. The van der Waals surface area contributed by atoms with Gasteiger partial charge in [-0.3, -0.25) is 4.68 Å². The maximum atomic E-state index is 4.27. The van der Waals surface area contributed by atoms with Crippen molar-refractivity contribution in [1.29, 1.82) is 0 Å². The van der Waals surface area contributed by atoms with Gasteiger partial charge in [-0.2, -0.15) is 5.10 Å². The Kier molecular flexibility index (Phi) is 1.28. The molecule has 1 aromatic rings. The molecular formula is C8H13N3. The van der Waals surface area contributed by atoms with Gasteiger partial charge >= 0.3 is 0 Å². The summed E-state index contributed by atoms with van der Waals surface area (Å²) >= 11 is 0. The summed E-state index contributed by atoms with van der Waals surface area (Å²) in [6, 6.07) is 0. The Morgan fingerprint density at radius 1 is 1.64 bits per heavy atom. The quantitative estimate of drug-likeness (QED) is 0.637. The second kappa shape index (κ2) is 2.06. The van der Waals surface area contributed by atoms with Crippen LogP contribution in [0.15, 0.2) is 6.33 Å². The minimum Gasteiger partial charge on any atom is -0.253 e. The minimum atomic E-state index is 0.394. The number of rotatable bonds is 2. The summed E-state index contributed by atoms with van der Waals surface area (Å²) in [6.07, 6.45) is 5.41. The molecule has 1 fully saturated rings. The van der Waals surface area contributed by atoms with Gasteiger partial charge in [0.1, 0.15) is 12.2 Å². The van der Waals surface area contributed by atoms with Crippen LogP contribution in [-0.2, 0) is 12.5 Å². The number of aryl methyl sites for hydroxylation is 1. The van der Waals surface area contributed by atoms with E-state index in [4.69, 9.17) is 0 Å². The van der Waals surface area contributed by atoms with Gasteiger partial charge in [-0.1, -0.05) is 6.92 Å². The average molecular weight is 151 g/mol. The molecule has 0 spiro atoms. The van der Waals surface area contributed by atoms with Crippen LogP contribution in [0.4, 0.5) is 0 Å². The van der Waals surface area contributed by atoms with E-state index < -0.39 is 0 Å². The van der Waals surface area contributed by atoms with Gasteiger partial charge < -0.3 is 0 Å².